The number of benzene rings is 1. The van der Waals surface area contributed by atoms with E-state index in [0.717, 1.165) is 28.4 Å². The topological polar surface area (TPSA) is 63.8 Å². The molecule has 0 unspecified atom stereocenters. The maximum atomic E-state index is 10.8. The first kappa shape index (κ1) is 14.6. The van der Waals surface area contributed by atoms with Gasteiger partial charge in [0.2, 0.25) is 0 Å². The Labute approximate surface area is 131 Å². The van der Waals surface area contributed by atoms with Gasteiger partial charge in [-0.3, -0.25) is 9.20 Å². The van der Waals surface area contributed by atoms with Gasteiger partial charge in [0.25, 0.3) is 0 Å². The molecule has 0 atom stereocenters. The molecule has 22 heavy (non-hydrogen) atoms. The van der Waals surface area contributed by atoms with Gasteiger partial charge in [0.1, 0.15) is 5.75 Å². The summed E-state index contributed by atoms with van der Waals surface area (Å²) in [5.74, 6) is -0.0148. The van der Waals surface area contributed by atoms with Crippen LogP contribution in [0.1, 0.15) is 19.0 Å². The van der Waals surface area contributed by atoms with Crippen molar-refractivity contribution in [1.29, 1.82) is 0 Å². The standard InChI is InChI=1S/C16H16N2O3S/c1-2-7-21-13-5-3-11(4-6-13)14-10-22-16-17-12(8-15(19)20)9-18(14)16/h3-6,9-10H,2,7-8H2,1H3,(H,19,20). The molecule has 0 radical (unpaired) electrons. The molecular weight excluding hydrogens is 300 g/mol. The van der Waals surface area contributed by atoms with E-state index in [1.807, 2.05) is 34.0 Å². The van der Waals surface area contributed by atoms with E-state index in [0.29, 0.717) is 12.3 Å². The van der Waals surface area contributed by atoms with E-state index in [4.69, 9.17) is 9.84 Å². The van der Waals surface area contributed by atoms with Gasteiger partial charge < -0.3 is 9.84 Å². The summed E-state index contributed by atoms with van der Waals surface area (Å²) in [7, 11) is 0. The number of thiazole rings is 1. The number of hydrogen-bond acceptors (Lipinski definition) is 4. The third-order valence-electron chi connectivity index (χ3n) is 3.21. The molecule has 0 spiro atoms. The summed E-state index contributed by atoms with van der Waals surface area (Å²) >= 11 is 1.50. The van der Waals surface area contributed by atoms with Gasteiger partial charge in [-0.1, -0.05) is 6.92 Å². The summed E-state index contributed by atoms with van der Waals surface area (Å²) in [5.41, 5.74) is 2.63. The van der Waals surface area contributed by atoms with Crippen molar-refractivity contribution >= 4 is 22.3 Å². The smallest absolute Gasteiger partial charge is 0.309 e. The van der Waals surface area contributed by atoms with Crippen molar-refractivity contribution < 1.29 is 14.6 Å². The molecule has 1 N–H and O–H groups in total. The number of carboxylic acid groups (broad SMARTS) is 1. The zero-order chi connectivity index (χ0) is 15.5. The zero-order valence-corrected chi connectivity index (χ0v) is 13.0. The molecule has 0 aliphatic carbocycles. The third-order valence-corrected chi connectivity index (χ3v) is 4.05. The molecule has 0 bridgehead atoms. The summed E-state index contributed by atoms with van der Waals surface area (Å²) in [6, 6.07) is 7.90. The van der Waals surface area contributed by atoms with Crippen molar-refractivity contribution in [2.75, 3.05) is 6.61 Å². The third kappa shape index (κ3) is 2.96. The molecule has 0 aliphatic rings. The van der Waals surface area contributed by atoms with Gasteiger partial charge in [-0.05, 0) is 36.2 Å². The number of hydrogen-bond donors (Lipinski definition) is 1. The SMILES string of the molecule is CCCOc1ccc(-c2csc3nc(CC(=O)O)cn23)cc1. The van der Waals surface area contributed by atoms with Crippen LogP contribution in [-0.2, 0) is 11.2 Å². The molecule has 1 aromatic carbocycles. The molecule has 3 aromatic rings. The molecule has 0 fully saturated rings. The van der Waals surface area contributed by atoms with Crippen LogP contribution in [0.2, 0.25) is 0 Å². The van der Waals surface area contributed by atoms with Crippen molar-refractivity contribution in [3.8, 4) is 17.0 Å². The lowest BCUT2D eigenvalue weighted by atomic mass is 10.1. The fourth-order valence-electron chi connectivity index (χ4n) is 2.22. The Bertz CT molecular complexity index is 789. The van der Waals surface area contributed by atoms with E-state index in [-0.39, 0.29) is 6.42 Å². The minimum atomic E-state index is -0.871. The zero-order valence-electron chi connectivity index (χ0n) is 12.2. The predicted molar refractivity (Wildman–Crippen MR) is 85.6 cm³/mol. The molecule has 2 aromatic heterocycles. The predicted octanol–water partition coefficient (Wildman–Crippen LogP) is 3.48. The molecule has 5 nitrogen and oxygen atoms in total. The molecule has 0 aliphatic heterocycles. The fourth-order valence-corrected chi connectivity index (χ4v) is 3.12. The number of carboxylic acids is 1. The average Bonchev–Trinajstić information content (AvgIpc) is 3.05. The van der Waals surface area contributed by atoms with Crippen molar-refractivity contribution in [2.45, 2.75) is 19.8 Å². The summed E-state index contributed by atoms with van der Waals surface area (Å²) in [4.78, 5) is 15.9. The minimum absolute atomic E-state index is 0.0579. The lowest BCUT2D eigenvalue weighted by molar-refractivity contribution is -0.136. The summed E-state index contributed by atoms with van der Waals surface area (Å²) in [6.45, 7) is 2.78. The van der Waals surface area contributed by atoms with Crippen LogP contribution in [0.15, 0.2) is 35.8 Å². The van der Waals surface area contributed by atoms with Gasteiger partial charge in [0, 0.05) is 11.6 Å². The Hall–Kier alpha value is -2.34. The first-order chi connectivity index (χ1) is 10.7. The van der Waals surface area contributed by atoms with Crippen molar-refractivity contribution in [3.05, 3.63) is 41.5 Å². The normalized spacial score (nSPS) is 11.0. The quantitative estimate of drug-likeness (QED) is 0.756. The highest BCUT2D eigenvalue weighted by Gasteiger charge is 2.11. The number of aliphatic carboxylic acids is 1. The maximum Gasteiger partial charge on any atom is 0.309 e. The lowest BCUT2D eigenvalue weighted by Crippen LogP contribution is -1.99. The summed E-state index contributed by atoms with van der Waals surface area (Å²) in [5, 5.41) is 10.9. The monoisotopic (exact) mass is 316 g/mol. The molecule has 0 amide bonds. The second-order valence-electron chi connectivity index (χ2n) is 4.95. The number of aromatic nitrogens is 2. The van der Waals surface area contributed by atoms with E-state index in [1.54, 1.807) is 6.20 Å². The van der Waals surface area contributed by atoms with Crippen LogP contribution in [0.25, 0.3) is 16.2 Å². The number of rotatable bonds is 6. The van der Waals surface area contributed by atoms with Gasteiger partial charge in [0.05, 0.1) is 24.4 Å². The van der Waals surface area contributed by atoms with Gasteiger partial charge in [0.15, 0.2) is 4.96 Å². The van der Waals surface area contributed by atoms with Crippen LogP contribution in [0.3, 0.4) is 0 Å². The van der Waals surface area contributed by atoms with Crippen molar-refractivity contribution in [1.82, 2.24) is 9.38 Å². The lowest BCUT2D eigenvalue weighted by Gasteiger charge is -2.05. The van der Waals surface area contributed by atoms with Crippen LogP contribution in [0.4, 0.5) is 0 Å². The Kier molecular flexibility index (Phi) is 4.11. The van der Waals surface area contributed by atoms with E-state index in [1.165, 1.54) is 11.3 Å². The molecule has 6 heteroatoms. The van der Waals surface area contributed by atoms with E-state index < -0.39 is 5.97 Å². The van der Waals surface area contributed by atoms with Crippen LogP contribution < -0.4 is 4.74 Å². The highest BCUT2D eigenvalue weighted by Crippen LogP contribution is 2.28. The van der Waals surface area contributed by atoms with E-state index >= 15 is 0 Å². The van der Waals surface area contributed by atoms with E-state index in [9.17, 15) is 4.79 Å². The largest absolute Gasteiger partial charge is 0.494 e. The van der Waals surface area contributed by atoms with Crippen molar-refractivity contribution in [3.63, 3.8) is 0 Å². The number of ether oxygens (including phenoxy) is 1. The van der Waals surface area contributed by atoms with Crippen LogP contribution in [0, 0.1) is 0 Å². The maximum absolute atomic E-state index is 10.8. The van der Waals surface area contributed by atoms with Gasteiger partial charge in [-0.15, -0.1) is 11.3 Å². The van der Waals surface area contributed by atoms with E-state index in [2.05, 4.69) is 11.9 Å². The van der Waals surface area contributed by atoms with Gasteiger partial charge >= 0.3 is 5.97 Å². The molecule has 0 saturated carbocycles. The molecule has 114 valence electrons. The van der Waals surface area contributed by atoms with Gasteiger partial charge in [-0.25, -0.2) is 4.98 Å². The average molecular weight is 316 g/mol. The Morgan fingerprint density at radius 3 is 2.82 bits per heavy atom. The molecule has 3 rings (SSSR count). The second kappa shape index (κ2) is 6.19. The molecule has 2 heterocycles. The van der Waals surface area contributed by atoms with Crippen molar-refractivity contribution in [2.24, 2.45) is 0 Å². The minimum Gasteiger partial charge on any atom is -0.494 e. The van der Waals surface area contributed by atoms with Crippen LogP contribution in [0.5, 0.6) is 5.75 Å². The fraction of sp³-hybridized carbons (Fsp3) is 0.250. The first-order valence-corrected chi connectivity index (χ1v) is 7.96. The molecule has 0 saturated heterocycles. The van der Waals surface area contributed by atoms with Crippen LogP contribution in [-0.4, -0.2) is 27.1 Å². The first-order valence-electron chi connectivity index (χ1n) is 7.08. The Morgan fingerprint density at radius 2 is 2.14 bits per heavy atom. The summed E-state index contributed by atoms with van der Waals surface area (Å²) in [6.07, 6.45) is 2.71. The van der Waals surface area contributed by atoms with Crippen LogP contribution >= 0.6 is 11.3 Å². The number of carbonyl (C=O) groups is 1. The number of fused-ring (bicyclic) bond motifs is 1. The summed E-state index contributed by atoms with van der Waals surface area (Å²) < 4.78 is 7.52. The Balaban J connectivity index is 1.89. The number of nitrogens with zero attached hydrogens (tertiary/aromatic N) is 2. The Morgan fingerprint density at radius 1 is 1.36 bits per heavy atom. The molecular formula is C16H16N2O3S. The highest BCUT2D eigenvalue weighted by molar-refractivity contribution is 7.15. The highest BCUT2D eigenvalue weighted by atomic mass is 32.1. The number of imidazole rings is 1. The van der Waals surface area contributed by atoms with Gasteiger partial charge in [-0.2, -0.15) is 0 Å². The second-order valence-corrected chi connectivity index (χ2v) is 5.79.